The number of rotatable bonds is 4. The Bertz CT molecular complexity index is 711. The van der Waals surface area contributed by atoms with Gasteiger partial charge in [0.15, 0.2) is 5.78 Å². The number of carboxylic acids is 1. The van der Waals surface area contributed by atoms with Gasteiger partial charge in [0.2, 0.25) is 0 Å². The van der Waals surface area contributed by atoms with Gasteiger partial charge in [-0.3, -0.25) is 9.79 Å². The van der Waals surface area contributed by atoms with E-state index in [2.05, 4.69) is 18.8 Å². The highest BCUT2D eigenvalue weighted by Gasteiger charge is 2.58. The largest absolute Gasteiger partial charge is 0.480 e. The van der Waals surface area contributed by atoms with Crippen LogP contribution in [-0.4, -0.2) is 35.9 Å². The normalized spacial score (nSPS) is 42.3. The number of carboxylic acid groups (broad SMARTS) is 1. The van der Waals surface area contributed by atoms with Gasteiger partial charge >= 0.3 is 5.97 Å². The third kappa shape index (κ3) is 3.08. The first-order chi connectivity index (χ1) is 12.8. The first-order valence-electron chi connectivity index (χ1n) is 10.4. The molecule has 0 spiro atoms. The molecular weight excluding hydrogens is 342 g/mol. The van der Waals surface area contributed by atoms with E-state index in [4.69, 9.17) is 9.84 Å². The summed E-state index contributed by atoms with van der Waals surface area (Å²) in [4.78, 5) is 27.2. The molecule has 0 aromatic carbocycles. The molecule has 3 saturated carbocycles. The lowest BCUT2D eigenvalue weighted by atomic mass is 9.47. The molecule has 4 rings (SSSR count). The lowest BCUT2D eigenvalue weighted by molar-refractivity contribution is -0.142. The van der Waals surface area contributed by atoms with E-state index in [0.29, 0.717) is 30.0 Å². The second-order valence-corrected chi connectivity index (χ2v) is 9.44. The summed E-state index contributed by atoms with van der Waals surface area (Å²) in [6, 6.07) is 0. The van der Waals surface area contributed by atoms with Crippen molar-refractivity contribution in [3.8, 4) is 0 Å². The van der Waals surface area contributed by atoms with Crippen LogP contribution in [0.15, 0.2) is 16.6 Å². The molecule has 0 amide bonds. The van der Waals surface area contributed by atoms with E-state index in [1.807, 2.05) is 6.08 Å². The Morgan fingerprint density at radius 2 is 1.93 bits per heavy atom. The monoisotopic (exact) mass is 373 g/mol. The van der Waals surface area contributed by atoms with Crippen LogP contribution in [0.2, 0.25) is 0 Å². The number of carbonyl (C=O) groups excluding carboxylic acids is 1. The standard InChI is InChI=1S/C22H31NO4/c1-21-9-7-15(24)11-14(21)3-4-16-17-5-6-19(23-13-27-12-20(25)26)22(17,2)10-8-18(16)21/h11,16-18H,3-10,12-13H2,1-2H3,(H,25,26)/t16?,17?,18?,21-,22-/m0/s1. The zero-order valence-electron chi connectivity index (χ0n) is 16.5. The van der Waals surface area contributed by atoms with E-state index in [0.717, 1.165) is 25.7 Å². The Morgan fingerprint density at radius 1 is 1.15 bits per heavy atom. The number of nitrogens with zero attached hydrogens (tertiary/aromatic N) is 1. The summed E-state index contributed by atoms with van der Waals surface area (Å²) in [5, 5.41) is 8.71. The van der Waals surface area contributed by atoms with E-state index in [9.17, 15) is 9.59 Å². The van der Waals surface area contributed by atoms with Gasteiger partial charge in [-0.15, -0.1) is 0 Å². The van der Waals surface area contributed by atoms with E-state index in [-0.39, 0.29) is 24.2 Å². The van der Waals surface area contributed by atoms with Crippen molar-refractivity contribution in [3.05, 3.63) is 11.6 Å². The van der Waals surface area contributed by atoms with Crippen LogP contribution in [0.3, 0.4) is 0 Å². The lowest BCUT2D eigenvalue weighted by Gasteiger charge is -2.57. The first-order valence-corrected chi connectivity index (χ1v) is 10.4. The molecule has 27 heavy (non-hydrogen) atoms. The highest BCUT2D eigenvalue weighted by molar-refractivity contribution is 5.93. The SMILES string of the molecule is C[C@]12CCC(=O)C=C1CCC1C2CC[C@]2(C)C(=NCOCC(=O)O)CCC12. The van der Waals surface area contributed by atoms with E-state index in [1.165, 1.54) is 30.5 Å². The zero-order chi connectivity index (χ0) is 19.2. The molecule has 4 aliphatic carbocycles. The molecule has 5 atom stereocenters. The summed E-state index contributed by atoms with van der Waals surface area (Å²) in [7, 11) is 0. The summed E-state index contributed by atoms with van der Waals surface area (Å²) < 4.78 is 5.16. The molecule has 0 radical (unpaired) electrons. The third-order valence-electron chi connectivity index (χ3n) is 8.28. The second-order valence-electron chi connectivity index (χ2n) is 9.44. The minimum Gasteiger partial charge on any atom is -0.480 e. The fourth-order valence-electron chi connectivity index (χ4n) is 6.86. The number of fused-ring (bicyclic) bond motifs is 5. The summed E-state index contributed by atoms with van der Waals surface area (Å²) in [5.41, 5.74) is 3.00. The van der Waals surface area contributed by atoms with Gasteiger partial charge in [0.1, 0.15) is 13.3 Å². The van der Waals surface area contributed by atoms with E-state index >= 15 is 0 Å². The molecule has 0 saturated heterocycles. The summed E-state index contributed by atoms with van der Waals surface area (Å²) in [6.45, 7) is 4.65. The van der Waals surface area contributed by atoms with Crippen LogP contribution in [0.25, 0.3) is 0 Å². The highest BCUT2D eigenvalue weighted by atomic mass is 16.5. The highest BCUT2D eigenvalue weighted by Crippen LogP contribution is 2.64. The summed E-state index contributed by atoms with van der Waals surface area (Å²) >= 11 is 0. The van der Waals surface area contributed by atoms with Crippen LogP contribution in [0.4, 0.5) is 0 Å². The number of allylic oxidation sites excluding steroid dienone is 1. The Hall–Kier alpha value is -1.49. The van der Waals surface area contributed by atoms with Gasteiger partial charge in [0.05, 0.1) is 0 Å². The maximum absolute atomic E-state index is 11.9. The predicted molar refractivity (Wildman–Crippen MR) is 103 cm³/mol. The lowest BCUT2D eigenvalue weighted by Crippen LogP contribution is -2.50. The molecule has 0 aromatic rings. The van der Waals surface area contributed by atoms with Gasteiger partial charge in [-0.25, -0.2) is 4.79 Å². The van der Waals surface area contributed by atoms with Gasteiger partial charge < -0.3 is 9.84 Å². The topological polar surface area (TPSA) is 76.0 Å². The van der Waals surface area contributed by atoms with Crippen molar-refractivity contribution >= 4 is 17.5 Å². The average molecular weight is 373 g/mol. The maximum Gasteiger partial charge on any atom is 0.329 e. The molecular formula is C22H31NO4. The van der Waals surface area contributed by atoms with Gasteiger partial charge in [-0.2, -0.15) is 0 Å². The molecule has 0 aliphatic heterocycles. The van der Waals surface area contributed by atoms with Crippen LogP contribution < -0.4 is 0 Å². The fraction of sp³-hybridized carbons (Fsp3) is 0.773. The molecule has 5 nitrogen and oxygen atoms in total. The molecule has 0 aromatic heterocycles. The minimum atomic E-state index is -0.948. The maximum atomic E-state index is 11.9. The van der Waals surface area contributed by atoms with Crippen molar-refractivity contribution in [2.75, 3.05) is 13.3 Å². The van der Waals surface area contributed by atoms with Crippen molar-refractivity contribution in [2.45, 2.75) is 65.2 Å². The Labute approximate surface area is 161 Å². The first kappa shape index (κ1) is 18.9. The van der Waals surface area contributed by atoms with Crippen molar-refractivity contribution in [1.82, 2.24) is 0 Å². The summed E-state index contributed by atoms with van der Waals surface area (Å²) in [6.07, 6.45) is 10.5. The number of aliphatic imine (C=N–C) groups is 1. The second kappa shape index (κ2) is 6.84. The number of aliphatic carboxylic acids is 1. The predicted octanol–water partition coefficient (Wildman–Crippen LogP) is 4.02. The minimum absolute atomic E-state index is 0.135. The number of ketones is 1. The van der Waals surface area contributed by atoms with Gasteiger partial charge in [0, 0.05) is 17.5 Å². The molecule has 4 aliphatic rings. The Morgan fingerprint density at radius 3 is 2.70 bits per heavy atom. The van der Waals surface area contributed by atoms with E-state index < -0.39 is 5.97 Å². The van der Waals surface area contributed by atoms with Gasteiger partial charge in [-0.05, 0) is 74.2 Å². The van der Waals surface area contributed by atoms with Crippen LogP contribution in [0.5, 0.6) is 0 Å². The number of hydrogen-bond acceptors (Lipinski definition) is 4. The number of hydrogen-bond donors (Lipinski definition) is 1. The van der Waals surface area contributed by atoms with Crippen molar-refractivity contribution in [3.63, 3.8) is 0 Å². The molecule has 0 heterocycles. The quantitative estimate of drug-likeness (QED) is 0.755. The Kier molecular flexibility index (Phi) is 4.77. The molecule has 0 bridgehead atoms. The molecule has 148 valence electrons. The fourth-order valence-corrected chi connectivity index (χ4v) is 6.86. The number of carbonyl (C=O) groups is 2. The van der Waals surface area contributed by atoms with Crippen LogP contribution in [0, 0.1) is 28.6 Å². The molecule has 5 heteroatoms. The van der Waals surface area contributed by atoms with Crippen LogP contribution in [0.1, 0.15) is 65.2 Å². The number of ether oxygens (including phenoxy) is 1. The van der Waals surface area contributed by atoms with Gasteiger partial charge in [-0.1, -0.05) is 19.4 Å². The van der Waals surface area contributed by atoms with Crippen molar-refractivity contribution < 1.29 is 19.4 Å². The molecule has 1 N–H and O–H groups in total. The zero-order valence-corrected chi connectivity index (χ0v) is 16.5. The van der Waals surface area contributed by atoms with E-state index in [1.54, 1.807) is 0 Å². The summed E-state index contributed by atoms with van der Waals surface area (Å²) in [5.74, 6) is 1.43. The Balaban J connectivity index is 1.52. The smallest absolute Gasteiger partial charge is 0.329 e. The van der Waals surface area contributed by atoms with Crippen molar-refractivity contribution in [1.29, 1.82) is 0 Å². The third-order valence-corrected chi connectivity index (χ3v) is 8.28. The van der Waals surface area contributed by atoms with Crippen LogP contribution >= 0.6 is 0 Å². The molecule has 3 fully saturated rings. The molecule has 3 unspecified atom stereocenters. The van der Waals surface area contributed by atoms with Crippen molar-refractivity contribution in [2.24, 2.45) is 33.6 Å². The van der Waals surface area contributed by atoms with Crippen LogP contribution in [-0.2, 0) is 14.3 Å². The van der Waals surface area contributed by atoms with Gasteiger partial charge in [0.25, 0.3) is 0 Å². The average Bonchev–Trinajstić information content (AvgIpc) is 2.96.